The summed E-state index contributed by atoms with van der Waals surface area (Å²) >= 11 is 1.51. The molecule has 0 amide bonds. The normalized spacial score (nSPS) is 36.9. The molecule has 1 unspecified atom stereocenters. The van der Waals surface area contributed by atoms with Crippen LogP contribution in [-0.2, 0) is 4.79 Å². The standard InChI is InChI=1S/C11H17NS.C2H4O2/c1-10(2)8-4-5-11(10,3)9(6-8)13-7-12;1-2(3)4/h8-9H,4-6H2,1-3H3;1H3,(H,3,4)/t8-,9?,11-;/m1./s1. The lowest BCUT2D eigenvalue weighted by molar-refractivity contribution is -0.134. The van der Waals surface area contributed by atoms with Crippen LogP contribution in [0.4, 0.5) is 0 Å². The summed E-state index contributed by atoms with van der Waals surface area (Å²) in [7, 11) is 0. The largest absolute Gasteiger partial charge is 0.481 e. The minimum Gasteiger partial charge on any atom is -0.481 e. The third kappa shape index (κ3) is 2.44. The number of nitriles is 1. The van der Waals surface area contributed by atoms with Crippen LogP contribution in [0.15, 0.2) is 0 Å². The highest BCUT2D eigenvalue weighted by molar-refractivity contribution is 8.04. The second-order valence-corrected chi connectivity index (χ2v) is 6.81. The Labute approximate surface area is 108 Å². The molecule has 0 spiro atoms. The molecule has 3 nitrogen and oxygen atoms in total. The summed E-state index contributed by atoms with van der Waals surface area (Å²) < 4.78 is 0. The summed E-state index contributed by atoms with van der Waals surface area (Å²) in [6, 6.07) is 0. The van der Waals surface area contributed by atoms with E-state index >= 15 is 0 Å². The lowest BCUT2D eigenvalue weighted by atomic mass is 9.71. The van der Waals surface area contributed by atoms with E-state index in [4.69, 9.17) is 15.2 Å². The molecule has 3 atom stereocenters. The van der Waals surface area contributed by atoms with Gasteiger partial charge >= 0.3 is 0 Å². The minimum atomic E-state index is -0.833. The fourth-order valence-electron chi connectivity index (χ4n) is 3.37. The van der Waals surface area contributed by atoms with E-state index in [0.29, 0.717) is 16.1 Å². The first-order chi connectivity index (χ1) is 7.75. The van der Waals surface area contributed by atoms with Gasteiger partial charge in [0.05, 0.1) is 0 Å². The Hall–Kier alpha value is -0.690. The van der Waals surface area contributed by atoms with E-state index in [0.717, 1.165) is 12.8 Å². The van der Waals surface area contributed by atoms with E-state index in [2.05, 4.69) is 26.2 Å². The van der Waals surface area contributed by atoms with Crippen LogP contribution >= 0.6 is 11.8 Å². The van der Waals surface area contributed by atoms with Gasteiger partial charge in [0.15, 0.2) is 0 Å². The van der Waals surface area contributed by atoms with Crippen molar-refractivity contribution in [1.29, 1.82) is 5.26 Å². The predicted molar refractivity (Wildman–Crippen MR) is 69.5 cm³/mol. The molecule has 2 aliphatic carbocycles. The van der Waals surface area contributed by atoms with E-state index in [-0.39, 0.29) is 0 Å². The monoisotopic (exact) mass is 255 g/mol. The highest BCUT2D eigenvalue weighted by atomic mass is 32.2. The number of rotatable bonds is 1. The Balaban J connectivity index is 0.000000317. The lowest BCUT2D eigenvalue weighted by Crippen LogP contribution is -2.33. The molecule has 0 saturated heterocycles. The number of hydrogen-bond donors (Lipinski definition) is 1. The topological polar surface area (TPSA) is 61.1 Å². The summed E-state index contributed by atoms with van der Waals surface area (Å²) in [4.78, 5) is 9.00. The van der Waals surface area contributed by atoms with Crippen molar-refractivity contribution in [3.05, 3.63) is 0 Å². The van der Waals surface area contributed by atoms with Crippen molar-refractivity contribution in [2.45, 2.75) is 52.2 Å². The zero-order valence-corrected chi connectivity index (χ0v) is 11.8. The SMILES string of the molecule is CC(=O)O.CC1(C)[C@@H]2CC[C@]1(C)C(SC#N)C2. The first-order valence-electron chi connectivity index (χ1n) is 6.00. The van der Waals surface area contributed by atoms with Gasteiger partial charge in [-0.15, -0.1) is 0 Å². The Bertz CT molecular complexity index is 344. The van der Waals surface area contributed by atoms with Crippen molar-refractivity contribution < 1.29 is 9.90 Å². The summed E-state index contributed by atoms with van der Waals surface area (Å²) in [5.74, 6) is 0.0309. The van der Waals surface area contributed by atoms with Crippen molar-refractivity contribution >= 4 is 17.7 Å². The highest BCUT2D eigenvalue weighted by Crippen LogP contribution is 2.68. The molecule has 2 fully saturated rings. The molecule has 96 valence electrons. The van der Waals surface area contributed by atoms with E-state index in [1.165, 1.54) is 31.0 Å². The maximum atomic E-state index is 9.00. The van der Waals surface area contributed by atoms with Crippen LogP contribution in [0.1, 0.15) is 47.0 Å². The molecule has 0 aromatic heterocycles. The molecule has 2 saturated carbocycles. The molecule has 0 aromatic rings. The van der Waals surface area contributed by atoms with Gasteiger partial charge in [0.2, 0.25) is 0 Å². The van der Waals surface area contributed by atoms with Crippen LogP contribution in [-0.4, -0.2) is 16.3 Å². The lowest BCUT2D eigenvalue weighted by Gasteiger charge is -2.37. The molecule has 0 aliphatic heterocycles. The first kappa shape index (κ1) is 14.4. The van der Waals surface area contributed by atoms with Crippen LogP contribution in [0, 0.1) is 27.4 Å². The average molecular weight is 255 g/mol. The van der Waals surface area contributed by atoms with Gasteiger partial charge in [-0.05, 0) is 47.8 Å². The number of nitrogens with zero attached hydrogens (tertiary/aromatic N) is 1. The second kappa shape index (κ2) is 4.89. The van der Waals surface area contributed by atoms with Crippen molar-refractivity contribution in [2.75, 3.05) is 0 Å². The smallest absolute Gasteiger partial charge is 0.300 e. The second-order valence-electron chi connectivity index (χ2n) is 5.83. The summed E-state index contributed by atoms with van der Waals surface area (Å²) in [5.41, 5.74) is 0.875. The fraction of sp³-hybridized carbons (Fsp3) is 0.846. The maximum Gasteiger partial charge on any atom is 0.300 e. The van der Waals surface area contributed by atoms with Crippen LogP contribution < -0.4 is 0 Å². The van der Waals surface area contributed by atoms with Gasteiger partial charge < -0.3 is 5.11 Å². The number of carboxylic acid groups (broad SMARTS) is 1. The Kier molecular flexibility index (Phi) is 4.14. The van der Waals surface area contributed by atoms with Crippen LogP contribution in [0.5, 0.6) is 0 Å². The zero-order valence-electron chi connectivity index (χ0n) is 11.0. The van der Waals surface area contributed by atoms with Crippen molar-refractivity contribution in [2.24, 2.45) is 16.7 Å². The third-order valence-corrected chi connectivity index (χ3v) is 6.01. The summed E-state index contributed by atoms with van der Waals surface area (Å²) in [6.07, 6.45) is 3.97. The molecule has 2 aliphatic rings. The van der Waals surface area contributed by atoms with E-state index in [1.54, 1.807) is 0 Å². The predicted octanol–water partition coefficient (Wildman–Crippen LogP) is 3.51. The fourth-order valence-corrected chi connectivity index (χ4v) is 4.51. The number of carboxylic acids is 1. The van der Waals surface area contributed by atoms with Gasteiger partial charge in [-0.2, -0.15) is 5.26 Å². The van der Waals surface area contributed by atoms with Crippen LogP contribution in [0.2, 0.25) is 0 Å². The quantitative estimate of drug-likeness (QED) is 0.728. The summed E-state index contributed by atoms with van der Waals surface area (Å²) in [6.45, 7) is 8.25. The molecule has 1 N–H and O–H groups in total. The van der Waals surface area contributed by atoms with Crippen molar-refractivity contribution in [3.8, 4) is 5.40 Å². The number of carbonyl (C=O) groups is 1. The average Bonchev–Trinajstić information content (AvgIpc) is 2.50. The molecule has 0 heterocycles. The molecular weight excluding hydrogens is 234 g/mol. The maximum absolute atomic E-state index is 9.00. The Morgan fingerprint density at radius 3 is 2.29 bits per heavy atom. The molecule has 4 heteroatoms. The number of aliphatic carboxylic acids is 1. The van der Waals surface area contributed by atoms with Gasteiger partial charge in [0.25, 0.3) is 5.97 Å². The number of fused-ring (bicyclic) bond motifs is 2. The highest BCUT2D eigenvalue weighted by Gasteiger charge is 2.61. The number of thiocyanates is 1. The zero-order chi connectivity index (χ0) is 13.3. The number of hydrogen-bond acceptors (Lipinski definition) is 3. The van der Waals surface area contributed by atoms with Crippen molar-refractivity contribution in [1.82, 2.24) is 0 Å². The van der Waals surface area contributed by atoms with E-state index < -0.39 is 5.97 Å². The molecule has 0 radical (unpaired) electrons. The first-order valence-corrected chi connectivity index (χ1v) is 6.88. The summed E-state index contributed by atoms with van der Waals surface area (Å²) in [5, 5.41) is 19.0. The molecule has 0 aromatic carbocycles. The molecule has 2 rings (SSSR count). The van der Waals surface area contributed by atoms with Gasteiger partial charge in [0.1, 0.15) is 5.40 Å². The molecule has 2 bridgehead atoms. The van der Waals surface area contributed by atoms with Gasteiger partial charge in [-0.1, -0.05) is 20.8 Å². The van der Waals surface area contributed by atoms with E-state index in [1.807, 2.05) is 0 Å². The molecule has 17 heavy (non-hydrogen) atoms. The van der Waals surface area contributed by atoms with Crippen LogP contribution in [0.3, 0.4) is 0 Å². The van der Waals surface area contributed by atoms with Gasteiger partial charge in [0, 0.05) is 12.2 Å². The van der Waals surface area contributed by atoms with Gasteiger partial charge in [-0.3, -0.25) is 4.79 Å². The Morgan fingerprint density at radius 1 is 1.47 bits per heavy atom. The third-order valence-electron chi connectivity index (χ3n) is 4.91. The number of thioether (sulfide) groups is 1. The van der Waals surface area contributed by atoms with Gasteiger partial charge in [-0.25, -0.2) is 0 Å². The van der Waals surface area contributed by atoms with Crippen LogP contribution in [0.25, 0.3) is 0 Å². The molecular formula is C13H21NO2S. The van der Waals surface area contributed by atoms with Crippen molar-refractivity contribution in [3.63, 3.8) is 0 Å². The minimum absolute atomic E-state index is 0.415. The van der Waals surface area contributed by atoms with E-state index in [9.17, 15) is 0 Å². The Morgan fingerprint density at radius 2 is 2.00 bits per heavy atom.